The first-order chi connectivity index (χ1) is 17.3. The van der Waals surface area contributed by atoms with E-state index in [1.807, 2.05) is 54.6 Å². The van der Waals surface area contributed by atoms with Gasteiger partial charge in [-0.3, -0.25) is 0 Å². The van der Waals surface area contributed by atoms with Crippen LogP contribution in [0.15, 0.2) is 107 Å². The number of benzene rings is 5. The molecule has 0 amide bonds. The van der Waals surface area contributed by atoms with Crippen molar-refractivity contribution in [2.45, 2.75) is 5.41 Å². The predicted molar refractivity (Wildman–Crippen MR) is 128 cm³/mol. The maximum absolute atomic E-state index is 9.22. The van der Waals surface area contributed by atoms with Crippen LogP contribution in [0.5, 0.6) is 0 Å². The van der Waals surface area contributed by atoms with Crippen LogP contribution in [0.4, 0.5) is 0 Å². The van der Waals surface area contributed by atoms with Gasteiger partial charge in [0.1, 0.15) is 0 Å². The lowest BCUT2D eigenvalue weighted by Crippen LogP contribution is -2.31. The second kappa shape index (κ2) is 5.71. The van der Waals surface area contributed by atoms with E-state index in [1.54, 1.807) is 0 Å². The van der Waals surface area contributed by atoms with Gasteiger partial charge in [-0.25, -0.2) is 0 Å². The number of fused-ring (bicyclic) bond motifs is 9. The van der Waals surface area contributed by atoms with E-state index in [0.29, 0.717) is 16.5 Å². The minimum absolute atomic E-state index is 0.0811. The SMILES string of the molecule is [2H]c1c([2H])c2c3c(c([2H])c([2H])c([2H])c3c1[2H])C1(c3ccccc3-c3c(Br)cccc31)c1ccccc1-2. The van der Waals surface area contributed by atoms with Gasteiger partial charge in [0.2, 0.25) is 0 Å². The third kappa shape index (κ3) is 1.79. The highest BCUT2D eigenvalue weighted by atomic mass is 79.9. The summed E-state index contributed by atoms with van der Waals surface area (Å²) < 4.78 is 53.7. The van der Waals surface area contributed by atoms with Gasteiger partial charge in [-0.05, 0) is 55.8 Å². The molecule has 2 aliphatic carbocycles. The van der Waals surface area contributed by atoms with Crippen molar-refractivity contribution in [3.63, 3.8) is 0 Å². The van der Waals surface area contributed by atoms with Crippen LogP contribution in [-0.2, 0) is 5.41 Å². The van der Waals surface area contributed by atoms with Crippen molar-refractivity contribution < 1.29 is 8.22 Å². The Labute approximate surface area is 192 Å². The fraction of sp³-hybridized carbons (Fsp3) is 0.0345. The Balaban J connectivity index is 1.88. The Bertz CT molecular complexity index is 1820. The van der Waals surface area contributed by atoms with Gasteiger partial charge in [0, 0.05) is 10.0 Å². The molecule has 0 saturated carbocycles. The Morgan fingerprint density at radius 2 is 1.27 bits per heavy atom. The Kier molecular flexibility index (Phi) is 2.26. The molecular weight excluding hydrogens is 428 g/mol. The van der Waals surface area contributed by atoms with Crippen molar-refractivity contribution in [2.24, 2.45) is 0 Å². The second-order valence-electron chi connectivity index (χ2n) is 7.75. The number of rotatable bonds is 0. The summed E-state index contributed by atoms with van der Waals surface area (Å²) in [5.74, 6) is 0. The lowest BCUT2D eigenvalue weighted by atomic mass is 9.61. The fourth-order valence-electron chi connectivity index (χ4n) is 5.46. The van der Waals surface area contributed by atoms with Gasteiger partial charge < -0.3 is 0 Å². The van der Waals surface area contributed by atoms with Crippen LogP contribution in [0.1, 0.15) is 30.5 Å². The number of hydrogen-bond acceptors (Lipinski definition) is 0. The summed E-state index contributed by atoms with van der Waals surface area (Å²) in [5, 5.41) is 0.630. The van der Waals surface area contributed by atoms with Gasteiger partial charge in [-0.1, -0.05) is 113 Å². The Morgan fingerprint density at radius 3 is 2.10 bits per heavy atom. The van der Waals surface area contributed by atoms with Crippen LogP contribution < -0.4 is 0 Å². The highest BCUT2D eigenvalue weighted by molar-refractivity contribution is 9.10. The molecule has 30 heavy (non-hydrogen) atoms. The zero-order valence-corrected chi connectivity index (χ0v) is 17.3. The fourth-order valence-corrected chi connectivity index (χ4v) is 6.04. The van der Waals surface area contributed by atoms with Crippen molar-refractivity contribution >= 4 is 26.7 Å². The first-order valence-corrected chi connectivity index (χ1v) is 10.6. The van der Waals surface area contributed by atoms with E-state index in [0.717, 1.165) is 37.9 Å². The summed E-state index contributed by atoms with van der Waals surface area (Å²) in [4.78, 5) is 0. The average molecular weight is 451 g/mol. The number of hydrogen-bond donors (Lipinski definition) is 0. The molecule has 140 valence electrons. The molecule has 0 fully saturated rings. The van der Waals surface area contributed by atoms with Crippen molar-refractivity contribution in [3.8, 4) is 22.3 Å². The second-order valence-corrected chi connectivity index (χ2v) is 8.61. The molecule has 1 heteroatoms. The van der Waals surface area contributed by atoms with Crippen molar-refractivity contribution in [1.82, 2.24) is 0 Å². The van der Waals surface area contributed by atoms with E-state index in [2.05, 4.69) is 28.1 Å². The van der Waals surface area contributed by atoms with Gasteiger partial charge in [0.25, 0.3) is 0 Å². The van der Waals surface area contributed by atoms with Crippen LogP contribution in [-0.4, -0.2) is 0 Å². The molecule has 0 N–H and O–H groups in total. The maximum Gasteiger partial charge on any atom is 0.0726 e. The average Bonchev–Trinajstić information content (AvgIpc) is 3.18. The molecule has 0 nitrogen and oxygen atoms in total. The first kappa shape index (κ1) is 11.9. The molecule has 0 aromatic heterocycles. The molecule has 1 unspecified atom stereocenters. The zero-order chi connectivity index (χ0) is 25.1. The summed E-state index contributed by atoms with van der Waals surface area (Å²) in [5.41, 5.74) is 5.58. The summed E-state index contributed by atoms with van der Waals surface area (Å²) in [6.07, 6.45) is 0. The minimum atomic E-state index is -0.972. The molecule has 1 spiro atoms. The normalized spacial score (nSPS) is 20.4. The molecular formula is C29H17Br. The smallest absolute Gasteiger partial charge is 0.0619 e. The molecule has 0 heterocycles. The minimum Gasteiger partial charge on any atom is -0.0619 e. The topological polar surface area (TPSA) is 0 Å². The molecule has 0 aliphatic heterocycles. The third-order valence-corrected chi connectivity index (χ3v) is 7.15. The zero-order valence-electron chi connectivity index (χ0n) is 21.7. The molecule has 0 bridgehead atoms. The van der Waals surface area contributed by atoms with Gasteiger partial charge in [-0.15, -0.1) is 0 Å². The van der Waals surface area contributed by atoms with Gasteiger partial charge in [0.15, 0.2) is 0 Å². The highest BCUT2D eigenvalue weighted by Gasteiger charge is 2.50. The predicted octanol–water partition coefficient (Wildman–Crippen LogP) is 7.95. The molecule has 5 aromatic carbocycles. The van der Waals surface area contributed by atoms with E-state index in [-0.39, 0.29) is 41.6 Å². The van der Waals surface area contributed by atoms with Crippen molar-refractivity contribution in [3.05, 3.63) is 130 Å². The van der Waals surface area contributed by atoms with Crippen LogP contribution >= 0.6 is 15.9 Å². The largest absolute Gasteiger partial charge is 0.0726 e. The molecule has 1 atom stereocenters. The van der Waals surface area contributed by atoms with Gasteiger partial charge in [0.05, 0.1) is 13.6 Å². The lowest BCUT2D eigenvalue weighted by Gasteiger charge is -2.40. The lowest BCUT2D eigenvalue weighted by molar-refractivity contribution is 0.773. The van der Waals surface area contributed by atoms with E-state index in [9.17, 15) is 1.37 Å². The maximum atomic E-state index is 9.22. The van der Waals surface area contributed by atoms with E-state index < -0.39 is 5.41 Å². The van der Waals surface area contributed by atoms with E-state index in [4.69, 9.17) is 6.85 Å². The van der Waals surface area contributed by atoms with Gasteiger partial charge in [-0.2, -0.15) is 0 Å². The molecule has 2 aliphatic rings. The van der Waals surface area contributed by atoms with Crippen LogP contribution in [0, 0.1) is 0 Å². The number of halogens is 1. The quantitative estimate of drug-likeness (QED) is 0.220. The van der Waals surface area contributed by atoms with Crippen molar-refractivity contribution in [2.75, 3.05) is 0 Å². The summed E-state index contributed by atoms with van der Waals surface area (Å²) in [7, 11) is 0. The standard InChI is InChI=1S/C29H17Br/c30-26-17-7-16-25-28(26)21-11-2-4-14-23(21)29(25)22-13-3-1-10-19(22)20-12-5-8-18-9-6-15-24(29)27(18)20/h1-17H/i5D,6D,8D,9D,12D,15D. The Hall–Kier alpha value is -3.16. The Morgan fingerprint density at radius 1 is 0.600 bits per heavy atom. The van der Waals surface area contributed by atoms with Crippen LogP contribution in [0.3, 0.4) is 0 Å². The van der Waals surface area contributed by atoms with Gasteiger partial charge >= 0.3 is 0 Å². The summed E-state index contributed by atoms with van der Waals surface area (Å²) in [6.45, 7) is 0. The van der Waals surface area contributed by atoms with E-state index >= 15 is 0 Å². The summed E-state index contributed by atoms with van der Waals surface area (Å²) in [6, 6.07) is 20.7. The first-order valence-electron chi connectivity index (χ1n) is 12.8. The summed E-state index contributed by atoms with van der Waals surface area (Å²) >= 11 is 3.75. The van der Waals surface area contributed by atoms with Crippen LogP contribution in [0.25, 0.3) is 33.0 Å². The third-order valence-electron chi connectivity index (χ3n) is 6.49. The molecule has 5 aromatic rings. The van der Waals surface area contributed by atoms with Crippen LogP contribution in [0.2, 0.25) is 0 Å². The van der Waals surface area contributed by atoms with Crippen molar-refractivity contribution in [1.29, 1.82) is 0 Å². The van der Waals surface area contributed by atoms with E-state index in [1.165, 1.54) is 0 Å². The monoisotopic (exact) mass is 450 g/mol. The molecule has 0 radical (unpaired) electrons. The molecule has 0 saturated heterocycles. The molecule has 7 rings (SSSR count). The highest BCUT2D eigenvalue weighted by Crippen LogP contribution is 2.62.